The maximum atomic E-state index is 4.85. The van der Waals surface area contributed by atoms with Crippen molar-refractivity contribution in [2.75, 3.05) is 11.9 Å². The molecule has 0 radical (unpaired) electrons. The molecular formula is C18H23N3. The molecule has 1 saturated carbocycles. The molecule has 1 fully saturated rings. The molecule has 1 aliphatic carbocycles. The van der Waals surface area contributed by atoms with Gasteiger partial charge in [-0.3, -0.25) is 0 Å². The number of anilines is 1. The van der Waals surface area contributed by atoms with Crippen molar-refractivity contribution in [3.63, 3.8) is 0 Å². The molecule has 110 valence electrons. The van der Waals surface area contributed by atoms with E-state index in [2.05, 4.69) is 54.5 Å². The zero-order valence-corrected chi connectivity index (χ0v) is 12.9. The van der Waals surface area contributed by atoms with Gasteiger partial charge in [0.2, 0.25) is 0 Å². The molecule has 0 saturated heterocycles. The molecule has 1 N–H and O–H groups in total. The zero-order valence-electron chi connectivity index (χ0n) is 12.9. The standard InChI is InChI=1S/C18H23N3/c1-3-19-17-12-16(14-6-4-5-7-14)20-18(21-17)15-10-8-13(2)9-11-15/h8-12,14H,3-7H2,1-2H3,(H,19,20,21). The minimum atomic E-state index is 0.606. The number of hydrogen-bond donors (Lipinski definition) is 1. The Morgan fingerprint density at radius 1 is 1.10 bits per heavy atom. The van der Waals surface area contributed by atoms with Gasteiger partial charge in [-0.05, 0) is 26.7 Å². The summed E-state index contributed by atoms with van der Waals surface area (Å²) in [4.78, 5) is 9.52. The molecule has 1 aromatic carbocycles. The summed E-state index contributed by atoms with van der Waals surface area (Å²) in [5.41, 5.74) is 3.56. The van der Waals surface area contributed by atoms with Crippen molar-refractivity contribution < 1.29 is 0 Å². The van der Waals surface area contributed by atoms with Gasteiger partial charge in [-0.2, -0.15) is 0 Å². The summed E-state index contributed by atoms with van der Waals surface area (Å²) in [6.45, 7) is 5.08. The van der Waals surface area contributed by atoms with Gasteiger partial charge < -0.3 is 5.32 Å². The van der Waals surface area contributed by atoms with Gasteiger partial charge in [0.05, 0.1) is 0 Å². The van der Waals surface area contributed by atoms with Gasteiger partial charge in [-0.25, -0.2) is 9.97 Å². The molecule has 3 heteroatoms. The van der Waals surface area contributed by atoms with Gasteiger partial charge in [0.25, 0.3) is 0 Å². The summed E-state index contributed by atoms with van der Waals surface area (Å²) in [6, 6.07) is 10.6. The van der Waals surface area contributed by atoms with Crippen molar-refractivity contribution in [3.05, 3.63) is 41.6 Å². The van der Waals surface area contributed by atoms with E-state index in [0.29, 0.717) is 5.92 Å². The average Bonchev–Trinajstić information content (AvgIpc) is 3.02. The highest BCUT2D eigenvalue weighted by Crippen LogP contribution is 2.34. The lowest BCUT2D eigenvalue weighted by Crippen LogP contribution is -2.06. The maximum Gasteiger partial charge on any atom is 0.161 e. The number of nitrogens with one attached hydrogen (secondary N) is 1. The molecule has 1 aliphatic rings. The van der Waals surface area contributed by atoms with E-state index >= 15 is 0 Å². The van der Waals surface area contributed by atoms with Crippen LogP contribution in [0.25, 0.3) is 11.4 Å². The minimum absolute atomic E-state index is 0.606. The Bertz CT molecular complexity index is 598. The first-order chi connectivity index (χ1) is 10.3. The van der Waals surface area contributed by atoms with E-state index in [1.165, 1.54) is 36.9 Å². The van der Waals surface area contributed by atoms with Gasteiger partial charge in [-0.1, -0.05) is 42.7 Å². The van der Waals surface area contributed by atoms with Crippen molar-refractivity contribution >= 4 is 5.82 Å². The molecule has 3 nitrogen and oxygen atoms in total. The molecule has 3 rings (SSSR count). The third-order valence-corrected chi connectivity index (χ3v) is 4.19. The average molecular weight is 281 g/mol. The molecule has 0 unspecified atom stereocenters. The van der Waals surface area contributed by atoms with Crippen LogP contribution in [0, 0.1) is 6.92 Å². The van der Waals surface area contributed by atoms with Crippen molar-refractivity contribution in [3.8, 4) is 11.4 Å². The van der Waals surface area contributed by atoms with Crippen molar-refractivity contribution in [2.24, 2.45) is 0 Å². The van der Waals surface area contributed by atoms with E-state index in [1.807, 2.05) is 0 Å². The van der Waals surface area contributed by atoms with Crippen LogP contribution in [-0.2, 0) is 0 Å². The van der Waals surface area contributed by atoms with Crippen LogP contribution < -0.4 is 5.32 Å². The molecule has 21 heavy (non-hydrogen) atoms. The largest absolute Gasteiger partial charge is 0.370 e. The molecule has 1 aromatic heterocycles. The predicted molar refractivity (Wildman–Crippen MR) is 87.6 cm³/mol. The fraction of sp³-hybridized carbons (Fsp3) is 0.444. The summed E-state index contributed by atoms with van der Waals surface area (Å²) < 4.78 is 0. The SMILES string of the molecule is CCNc1cc(C2CCCC2)nc(-c2ccc(C)cc2)n1. The second-order valence-corrected chi connectivity index (χ2v) is 5.88. The smallest absolute Gasteiger partial charge is 0.161 e. The summed E-state index contributed by atoms with van der Waals surface area (Å²) in [5, 5.41) is 3.34. The van der Waals surface area contributed by atoms with Crippen LogP contribution in [-0.4, -0.2) is 16.5 Å². The van der Waals surface area contributed by atoms with Crippen molar-refractivity contribution in [2.45, 2.75) is 45.4 Å². The number of hydrogen-bond acceptors (Lipinski definition) is 3. The number of aromatic nitrogens is 2. The topological polar surface area (TPSA) is 37.8 Å². The Kier molecular flexibility index (Phi) is 4.18. The van der Waals surface area contributed by atoms with Gasteiger partial charge in [-0.15, -0.1) is 0 Å². The number of rotatable bonds is 4. The van der Waals surface area contributed by atoms with Gasteiger partial charge in [0, 0.05) is 29.8 Å². The minimum Gasteiger partial charge on any atom is -0.370 e. The van der Waals surface area contributed by atoms with Gasteiger partial charge in [0.1, 0.15) is 5.82 Å². The third-order valence-electron chi connectivity index (χ3n) is 4.19. The second-order valence-electron chi connectivity index (χ2n) is 5.88. The quantitative estimate of drug-likeness (QED) is 0.894. The summed E-state index contributed by atoms with van der Waals surface area (Å²) in [6.07, 6.45) is 5.17. The van der Waals surface area contributed by atoms with Crippen LogP contribution in [0.2, 0.25) is 0 Å². The van der Waals surface area contributed by atoms with E-state index in [9.17, 15) is 0 Å². The highest BCUT2D eigenvalue weighted by atomic mass is 15.0. The first kappa shape index (κ1) is 14.1. The van der Waals surface area contributed by atoms with Gasteiger partial charge >= 0.3 is 0 Å². The maximum absolute atomic E-state index is 4.85. The Morgan fingerprint density at radius 3 is 2.48 bits per heavy atom. The molecule has 2 aromatic rings. The number of aryl methyl sites for hydroxylation is 1. The Balaban J connectivity index is 1.99. The molecule has 0 amide bonds. The Hall–Kier alpha value is -1.90. The Morgan fingerprint density at radius 2 is 1.81 bits per heavy atom. The first-order valence-corrected chi connectivity index (χ1v) is 7.96. The van der Waals surface area contributed by atoms with Crippen LogP contribution in [0.1, 0.15) is 49.8 Å². The van der Waals surface area contributed by atoms with Crippen LogP contribution in [0.3, 0.4) is 0 Å². The molecule has 0 bridgehead atoms. The van der Waals surface area contributed by atoms with Crippen LogP contribution in [0.4, 0.5) is 5.82 Å². The van der Waals surface area contributed by atoms with E-state index in [1.54, 1.807) is 0 Å². The predicted octanol–water partition coefficient (Wildman–Crippen LogP) is 4.54. The molecule has 1 heterocycles. The van der Waals surface area contributed by atoms with Crippen molar-refractivity contribution in [1.82, 2.24) is 9.97 Å². The summed E-state index contributed by atoms with van der Waals surface area (Å²) in [7, 11) is 0. The Labute approximate surface area is 126 Å². The van der Waals surface area contributed by atoms with Gasteiger partial charge in [0.15, 0.2) is 5.82 Å². The molecule has 0 spiro atoms. The monoisotopic (exact) mass is 281 g/mol. The highest BCUT2D eigenvalue weighted by molar-refractivity contribution is 5.58. The van der Waals surface area contributed by atoms with Crippen LogP contribution in [0.5, 0.6) is 0 Å². The summed E-state index contributed by atoms with van der Waals surface area (Å²) in [5.74, 6) is 2.40. The highest BCUT2D eigenvalue weighted by Gasteiger charge is 2.20. The molecule has 0 aliphatic heterocycles. The van der Waals surface area contributed by atoms with E-state index in [-0.39, 0.29) is 0 Å². The summed E-state index contributed by atoms with van der Waals surface area (Å²) >= 11 is 0. The second kappa shape index (κ2) is 6.25. The van der Waals surface area contributed by atoms with Crippen LogP contribution in [0.15, 0.2) is 30.3 Å². The fourth-order valence-corrected chi connectivity index (χ4v) is 3.00. The normalized spacial score (nSPS) is 15.3. The van der Waals surface area contributed by atoms with Crippen LogP contribution >= 0.6 is 0 Å². The van der Waals surface area contributed by atoms with E-state index < -0.39 is 0 Å². The third kappa shape index (κ3) is 3.23. The van der Waals surface area contributed by atoms with E-state index in [4.69, 9.17) is 4.98 Å². The molecule has 0 atom stereocenters. The fourth-order valence-electron chi connectivity index (χ4n) is 3.00. The lowest BCUT2D eigenvalue weighted by molar-refractivity contribution is 0.695. The lowest BCUT2D eigenvalue weighted by Gasteiger charge is -2.13. The molecular weight excluding hydrogens is 258 g/mol. The zero-order chi connectivity index (χ0) is 14.7. The number of benzene rings is 1. The van der Waals surface area contributed by atoms with E-state index in [0.717, 1.165) is 23.8 Å². The lowest BCUT2D eigenvalue weighted by atomic mass is 10.0. The number of nitrogens with zero attached hydrogens (tertiary/aromatic N) is 2. The van der Waals surface area contributed by atoms with Crippen molar-refractivity contribution in [1.29, 1.82) is 0 Å². The first-order valence-electron chi connectivity index (χ1n) is 7.96.